The average molecular weight is 276 g/mol. The second-order valence-corrected chi connectivity index (χ2v) is 5.99. The van der Waals surface area contributed by atoms with E-state index in [2.05, 4.69) is 22.1 Å². The number of aryl methyl sites for hydroxylation is 1. The molecule has 0 saturated carbocycles. The number of hydrogen-bond donors (Lipinski definition) is 1. The molecule has 2 atom stereocenters. The van der Waals surface area contributed by atoms with Crippen molar-refractivity contribution in [2.75, 3.05) is 6.54 Å². The van der Waals surface area contributed by atoms with Crippen LogP contribution in [0, 0.1) is 0 Å². The van der Waals surface area contributed by atoms with Crippen molar-refractivity contribution >= 4 is 5.91 Å². The van der Waals surface area contributed by atoms with E-state index in [1.165, 1.54) is 12.8 Å². The number of imidazole rings is 1. The molecule has 5 nitrogen and oxygen atoms in total. The van der Waals surface area contributed by atoms with Crippen LogP contribution in [0.4, 0.5) is 0 Å². The molecular weight excluding hydrogens is 252 g/mol. The molecule has 2 aliphatic heterocycles. The molecule has 1 N–H and O–H groups in total. The first-order chi connectivity index (χ1) is 9.76. The molecule has 0 radical (unpaired) electrons. The Bertz CT molecular complexity index is 433. The summed E-state index contributed by atoms with van der Waals surface area (Å²) in [6.07, 6.45) is 10.8. The molecule has 2 bridgehead atoms. The predicted molar refractivity (Wildman–Crippen MR) is 77.2 cm³/mol. The monoisotopic (exact) mass is 276 g/mol. The first-order valence-corrected chi connectivity index (χ1v) is 7.77. The molecule has 3 rings (SSSR count). The van der Waals surface area contributed by atoms with Crippen LogP contribution in [0.2, 0.25) is 0 Å². The molecule has 0 aromatic carbocycles. The second-order valence-electron chi connectivity index (χ2n) is 5.99. The van der Waals surface area contributed by atoms with Crippen molar-refractivity contribution in [3.8, 4) is 0 Å². The van der Waals surface area contributed by atoms with Gasteiger partial charge in [0.05, 0.1) is 6.33 Å². The molecule has 3 heterocycles. The zero-order valence-corrected chi connectivity index (χ0v) is 12.2. The SMILES string of the molecule is CCN(C(=O)CCn1ccnc1)C1CC2CCC(C1)N2. The lowest BCUT2D eigenvalue weighted by Crippen LogP contribution is -2.50. The summed E-state index contributed by atoms with van der Waals surface area (Å²) in [5.41, 5.74) is 0. The third-order valence-corrected chi connectivity index (χ3v) is 4.69. The van der Waals surface area contributed by atoms with Gasteiger partial charge in [-0.1, -0.05) is 0 Å². The van der Waals surface area contributed by atoms with Gasteiger partial charge in [-0.05, 0) is 32.6 Å². The quantitative estimate of drug-likeness (QED) is 0.884. The maximum atomic E-state index is 12.5. The van der Waals surface area contributed by atoms with Gasteiger partial charge in [0.2, 0.25) is 5.91 Å². The Labute approximate surface area is 120 Å². The Morgan fingerprint density at radius 3 is 2.75 bits per heavy atom. The number of carbonyl (C=O) groups excluding carboxylic acids is 1. The Morgan fingerprint density at radius 2 is 2.15 bits per heavy atom. The van der Waals surface area contributed by atoms with Crippen LogP contribution in [0.25, 0.3) is 0 Å². The number of carbonyl (C=O) groups is 1. The van der Waals surface area contributed by atoms with Crippen LogP contribution in [0.15, 0.2) is 18.7 Å². The maximum Gasteiger partial charge on any atom is 0.224 e. The molecule has 0 spiro atoms. The molecule has 2 aliphatic rings. The largest absolute Gasteiger partial charge is 0.340 e. The highest BCUT2D eigenvalue weighted by Gasteiger charge is 2.36. The minimum Gasteiger partial charge on any atom is -0.340 e. The van der Waals surface area contributed by atoms with Crippen LogP contribution >= 0.6 is 0 Å². The normalized spacial score (nSPS) is 28.6. The Hall–Kier alpha value is -1.36. The third kappa shape index (κ3) is 2.87. The molecule has 2 saturated heterocycles. The minimum absolute atomic E-state index is 0.285. The Balaban J connectivity index is 1.56. The van der Waals surface area contributed by atoms with Gasteiger partial charge in [-0.2, -0.15) is 0 Å². The molecule has 0 aliphatic carbocycles. The molecule has 20 heavy (non-hydrogen) atoms. The van der Waals surface area contributed by atoms with Crippen LogP contribution in [0.1, 0.15) is 39.0 Å². The van der Waals surface area contributed by atoms with E-state index in [0.29, 0.717) is 24.5 Å². The summed E-state index contributed by atoms with van der Waals surface area (Å²) in [5, 5.41) is 3.64. The highest BCUT2D eigenvalue weighted by atomic mass is 16.2. The van der Waals surface area contributed by atoms with Gasteiger partial charge in [-0.25, -0.2) is 4.98 Å². The van der Waals surface area contributed by atoms with Crippen molar-refractivity contribution in [2.45, 2.75) is 63.7 Å². The van der Waals surface area contributed by atoms with Crippen LogP contribution in [0.5, 0.6) is 0 Å². The number of piperidine rings is 1. The van der Waals surface area contributed by atoms with E-state index in [0.717, 1.165) is 25.9 Å². The van der Waals surface area contributed by atoms with Crippen LogP contribution < -0.4 is 5.32 Å². The number of amides is 1. The van der Waals surface area contributed by atoms with Crippen molar-refractivity contribution in [2.24, 2.45) is 0 Å². The first kappa shape index (κ1) is 13.6. The van der Waals surface area contributed by atoms with Gasteiger partial charge >= 0.3 is 0 Å². The smallest absolute Gasteiger partial charge is 0.224 e. The fraction of sp³-hybridized carbons (Fsp3) is 0.733. The van der Waals surface area contributed by atoms with Crippen molar-refractivity contribution < 1.29 is 4.79 Å². The highest BCUT2D eigenvalue weighted by molar-refractivity contribution is 5.76. The number of fused-ring (bicyclic) bond motifs is 2. The third-order valence-electron chi connectivity index (χ3n) is 4.69. The number of aromatic nitrogens is 2. The predicted octanol–water partition coefficient (Wildman–Crippen LogP) is 1.40. The zero-order valence-electron chi connectivity index (χ0n) is 12.2. The summed E-state index contributed by atoms with van der Waals surface area (Å²) < 4.78 is 1.97. The van der Waals surface area contributed by atoms with Crippen molar-refractivity contribution in [3.63, 3.8) is 0 Å². The van der Waals surface area contributed by atoms with E-state index >= 15 is 0 Å². The second kappa shape index (κ2) is 5.95. The van der Waals surface area contributed by atoms with E-state index in [1.54, 1.807) is 12.5 Å². The van der Waals surface area contributed by atoms with Gasteiger partial charge in [0, 0.05) is 50.0 Å². The standard InChI is InChI=1S/C15H24N4O/c1-2-19(14-9-12-3-4-13(10-14)17-12)15(20)5-7-18-8-6-16-11-18/h6,8,11-14,17H,2-5,7,9-10H2,1H3. The van der Waals surface area contributed by atoms with Crippen LogP contribution in [-0.4, -0.2) is 45.0 Å². The van der Waals surface area contributed by atoms with Gasteiger partial charge in [-0.3, -0.25) is 4.79 Å². The van der Waals surface area contributed by atoms with Crippen molar-refractivity contribution in [1.82, 2.24) is 19.8 Å². The maximum absolute atomic E-state index is 12.5. The Kier molecular flexibility index (Phi) is 4.05. The average Bonchev–Trinajstić information content (AvgIpc) is 3.07. The molecular formula is C15H24N4O. The molecule has 110 valence electrons. The Morgan fingerprint density at radius 1 is 1.40 bits per heavy atom. The number of nitrogens with zero attached hydrogens (tertiary/aromatic N) is 3. The van der Waals surface area contributed by atoms with E-state index in [9.17, 15) is 4.79 Å². The minimum atomic E-state index is 0.285. The lowest BCUT2D eigenvalue weighted by Gasteiger charge is -2.37. The first-order valence-electron chi connectivity index (χ1n) is 7.77. The topological polar surface area (TPSA) is 50.2 Å². The van der Waals surface area contributed by atoms with E-state index in [-0.39, 0.29) is 5.91 Å². The molecule has 5 heteroatoms. The fourth-order valence-corrected chi connectivity index (χ4v) is 3.71. The van der Waals surface area contributed by atoms with Gasteiger partial charge in [0.1, 0.15) is 0 Å². The number of nitrogens with one attached hydrogen (secondary N) is 1. The lowest BCUT2D eigenvalue weighted by atomic mass is 9.98. The molecule has 2 unspecified atom stereocenters. The van der Waals surface area contributed by atoms with Gasteiger partial charge < -0.3 is 14.8 Å². The molecule has 2 fully saturated rings. The van der Waals surface area contributed by atoms with Gasteiger partial charge in [-0.15, -0.1) is 0 Å². The number of hydrogen-bond acceptors (Lipinski definition) is 3. The lowest BCUT2D eigenvalue weighted by molar-refractivity contribution is -0.134. The van der Waals surface area contributed by atoms with E-state index in [4.69, 9.17) is 0 Å². The summed E-state index contributed by atoms with van der Waals surface area (Å²) in [6, 6.07) is 1.71. The van der Waals surface area contributed by atoms with E-state index in [1.807, 2.05) is 10.8 Å². The van der Waals surface area contributed by atoms with Gasteiger partial charge in [0.15, 0.2) is 0 Å². The van der Waals surface area contributed by atoms with Gasteiger partial charge in [0.25, 0.3) is 0 Å². The highest BCUT2D eigenvalue weighted by Crippen LogP contribution is 2.30. The van der Waals surface area contributed by atoms with Crippen LogP contribution in [0.3, 0.4) is 0 Å². The molecule has 1 aromatic rings. The van der Waals surface area contributed by atoms with E-state index < -0.39 is 0 Å². The van der Waals surface area contributed by atoms with Crippen molar-refractivity contribution in [1.29, 1.82) is 0 Å². The number of rotatable bonds is 5. The summed E-state index contributed by atoms with van der Waals surface area (Å²) in [5.74, 6) is 0.285. The van der Waals surface area contributed by atoms with Crippen molar-refractivity contribution in [3.05, 3.63) is 18.7 Å². The fourth-order valence-electron chi connectivity index (χ4n) is 3.71. The zero-order chi connectivity index (χ0) is 13.9. The molecule has 1 aromatic heterocycles. The summed E-state index contributed by atoms with van der Waals surface area (Å²) in [6.45, 7) is 3.65. The summed E-state index contributed by atoms with van der Waals surface area (Å²) in [7, 11) is 0. The molecule has 1 amide bonds. The van der Waals surface area contributed by atoms with Crippen LogP contribution in [-0.2, 0) is 11.3 Å². The summed E-state index contributed by atoms with van der Waals surface area (Å²) in [4.78, 5) is 18.6. The summed E-state index contributed by atoms with van der Waals surface area (Å²) >= 11 is 0.